The standard InChI is InChI=1S/C14H22BrNOS/c1-9-4-3-5-11(8-9)17-14(10(2)16)12-6-7-13(15)18-12/h6-7,9-11,14H,3-5,8,16H2,1-2H3. The molecule has 2 rings (SSSR count). The normalized spacial score (nSPS) is 28.0. The molecule has 0 amide bonds. The van der Waals surface area contributed by atoms with Crippen molar-refractivity contribution in [1.29, 1.82) is 0 Å². The van der Waals surface area contributed by atoms with Gasteiger partial charge in [-0.25, -0.2) is 0 Å². The second-order valence-corrected chi connectivity index (χ2v) is 7.95. The zero-order valence-electron chi connectivity index (χ0n) is 11.1. The Morgan fingerprint density at radius 1 is 1.44 bits per heavy atom. The highest BCUT2D eigenvalue weighted by atomic mass is 79.9. The molecule has 1 aromatic rings. The number of hydrogen-bond donors (Lipinski definition) is 1. The van der Waals surface area contributed by atoms with E-state index in [0.29, 0.717) is 6.10 Å². The van der Waals surface area contributed by atoms with Gasteiger partial charge >= 0.3 is 0 Å². The second-order valence-electron chi connectivity index (χ2n) is 5.45. The van der Waals surface area contributed by atoms with Crippen molar-refractivity contribution in [1.82, 2.24) is 0 Å². The third-order valence-corrected chi connectivity index (χ3v) is 5.26. The first-order valence-electron chi connectivity index (χ1n) is 6.72. The smallest absolute Gasteiger partial charge is 0.107 e. The topological polar surface area (TPSA) is 35.2 Å². The molecule has 0 saturated heterocycles. The predicted octanol–water partition coefficient (Wildman–Crippen LogP) is 4.49. The summed E-state index contributed by atoms with van der Waals surface area (Å²) in [4.78, 5) is 1.23. The molecule has 4 atom stereocenters. The highest BCUT2D eigenvalue weighted by Crippen LogP contribution is 2.35. The first-order chi connectivity index (χ1) is 8.56. The number of halogens is 1. The van der Waals surface area contributed by atoms with Gasteiger partial charge in [0.1, 0.15) is 6.10 Å². The highest BCUT2D eigenvalue weighted by molar-refractivity contribution is 9.11. The van der Waals surface area contributed by atoms with Gasteiger partial charge in [-0.15, -0.1) is 11.3 Å². The van der Waals surface area contributed by atoms with E-state index in [1.807, 2.05) is 6.92 Å². The van der Waals surface area contributed by atoms with Crippen LogP contribution in [0.2, 0.25) is 0 Å². The molecular weight excluding hydrogens is 310 g/mol. The Bertz CT molecular complexity index is 380. The van der Waals surface area contributed by atoms with E-state index in [4.69, 9.17) is 10.5 Å². The maximum absolute atomic E-state index is 6.29. The first kappa shape index (κ1) is 14.5. The van der Waals surface area contributed by atoms with Crippen LogP contribution in [0.5, 0.6) is 0 Å². The van der Waals surface area contributed by atoms with Crippen molar-refractivity contribution in [3.05, 3.63) is 20.8 Å². The van der Waals surface area contributed by atoms with Gasteiger partial charge in [-0.2, -0.15) is 0 Å². The van der Waals surface area contributed by atoms with Crippen LogP contribution < -0.4 is 5.73 Å². The summed E-state index contributed by atoms with van der Waals surface area (Å²) in [5.41, 5.74) is 6.10. The quantitative estimate of drug-likeness (QED) is 0.881. The number of nitrogens with two attached hydrogens (primary N) is 1. The Balaban J connectivity index is 2.02. The van der Waals surface area contributed by atoms with E-state index in [0.717, 1.165) is 9.70 Å². The molecule has 0 aromatic carbocycles. The largest absolute Gasteiger partial charge is 0.368 e. The van der Waals surface area contributed by atoms with Crippen LogP contribution in [-0.4, -0.2) is 12.1 Å². The Morgan fingerprint density at radius 2 is 2.22 bits per heavy atom. The van der Waals surface area contributed by atoms with Gasteiger partial charge in [-0.3, -0.25) is 0 Å². The van der Waals surface area contributed by atoms with Crippen LogP contribution in [0.4, 0.5) is 0 Å². The molecule has 1 aliphatic carbocycles. The lowest BCUT2D eigenvalue weighted by Crippen LogP contribution is -2.32. The molecule has 1 heterocycles. The summed E-state index contributed by atoms with van der Waals surface area (Å²) in [6, 6.07) is 4.23. The van der Waals surface area contributed by atoms with Gasteiger partial charge in [0.15, 0.2) is 0 Å². The fourth-order valence-electron chi connectivity index (χ4n) is 2.64. The predicted molar refractivity (Wildman–Crippen MR) is 80.9 cm³/mol. The average molecular weight is 332 g/mol. The molecule has 1 saturated carbocycles. The fourth-order valence-corrected chi connectivity index (χ4v) is 4.22. The van der Waals surface area contributed by atoms with E-state index in [-0.39, 0.29) is 12.1 Å². The van der Waals surface area contributed by atoms with Crippen LogP contribution in [0, 0.1) is 5.92 Å². The van der Waals surface area contributed by atoms with Gasteiger partial charge in [0.25, 0.3) is 0 Å². The molecule has 1 fully saturated rings. The Labute approximate surface area is 122 Å². The summed E-state index contributed by atoms with van der Waals surface area (Å²) in [6.07, 6.45) is 5.40. The zero-order chi connectivity index (χ0) is 13.1. The van der Waals surface area contributed by atoms with Crippen LogP contribution >= 0.6 is 27.3 Å². The molecule has 0 radical (unpaired) electrons. The summed E-state index contributed by atoms with van der Waals surface area (Å²) in [5, 5.41) is 0. The van der Waals surface area contributed by atoms with E-state index in [1.54, 1.807) is 11.3 Å². The molecule has 0 aliphatic heterocycles. The van der Waals surface area contributed by atoms with E-state index in [1.165, 1.54) is 30.6 Å². The Hall–Kier alpha value is 0.1000. The molecule has 2 N–H and O–H groups in total. The van der Waals surface area contributed by atoms with Crippen molar-refractivity contribution in [2.45, 2.75) is 57.8 Å². The van der Waals surface area contributed by atoms with Crippen molar-refractivity contribution in [2.24, 2.45) is 11.7 Å². The molecule has 18 heavy (non-hydrogen) atoms. The molecule has 1 aromatic heterocycles. The zero-order valence-corrected chi connectivity index (χ0v) is 13.5. The number of thiophene rings is 1. The molecule has 0 spiro atoms. The van der Waals surface area contributed by atoms with Crippen molar-refractivity contribution >= 4 is 27.3 Å². The molecule has 2 nitrogen and oxygen atoms in total. The molecule has 102 valence electrons. The van der Waals surface area contributed by atoms with E-state index in [9.17, 15) is 0 Å². The lowest BCUT2D eigenvalue weighted by atomic mass is 9.88. The van der Waals surface area contributed by atoms with E-state index < -0.39 is 0 Å². The summed E-state index contributed by atoms with van der Waals surface area (Å²) in [7, 11) is 0. The fraction of sp³-hybridized carbons (Fsp3) is 0.714. The van der Waals surface area contributed by atoms with Gasteiger partial charge in [0.2, 0.25) is 0 Å². The van der Waals surface area contributed by atoms with Crippen molar-refractivity contribution < 1.29 is 4.74 Å². The SMILES string of the molecule is CC1CCCC(OC(c2ccc(Br)s2)C(C)N)C1. The van der Waals surface area contributed by atoms with Gasteiger partial charge in [-0.05, 0) is 53.7 Å². The van der Waals surface area contributed by atoms with Gasteiger partial charge in [-0.1, -0.05) is 19.8 Å². The number of hydrogen-bond acceptors (Lipinski definition) is 3. The van der Waals surface area contributed by atoms with Gasteiger partial charge in [0.05, 0.1) is 9.89 Å². The maximum atomic E-state index is 6.29. The van der Waals surface area contributed by atoms with Crippen LogP contribution in [0.25, 0.3) is 0 Å². The molecule has 4 heteroatoms. The molecular formula is C14H22BrNOS. The average Bonchev–Trinajstić information content (AvgIpc) is 2.72. The van der Waals surface area contributed by atoms with Crippen molar-refractivity contribution in [3.8, 4) is 0 Å². The van der Waals surface area contributed by atoms with Crippen LogP contribution in [0.3, 0.4) is 0 Å². The van der Waals surface area contributed by atoms with E-state index >= 15 is 0 Å². The van der Waals surface area contributed by atoms with Crippen LogP contribution in [-0.2, 0) is 4.74 Å². The summed E-state index contributed by atoms with van der Waals surface area (Å²) in [5.74, 6) is 0.785. The third-order valence-electron chi connectivity index (χ3n) is 3.58. The minimum Gasteiger partial charge on any atom is -0.368 e. The monoisotopic (exact) mass is 331 g/mol. The van der Waals surface area contributed by atoms with Crippen LogP contribution in [0.15, 0.2) is 15.9 Å². The van der Waals surface area contributed by atoms with Gasteiger partial charge in [0, 0.05) is 10.9 Å². The van der Waals surface area contributed by atoms with Crippen LogP contribution in [0.1, 0.15) is 50.5 Å². The summed E-state index contributed by atoms with van der Waals surface area (Å²) in [6.45, 7) is 4.35. The van der Waals surface area contributed by atoms with Crippen molar-refractivity contribution in [3.63, 3.8) is 0 Å². The Kier molecular flexibility index (Phi) is 5.24. The lowest BCUT2D eigenvalue weighted by molar-refractivity contribution is -0.0473. The lowest BCUT2D eigenvalue weighted by Gasteiger charge is -2.31. The third kappa shape index (κ3) is 3.80. The first-order valence-corrected chi connectivity index (χ1v) is 8.33. The summed E-state index contributed by atoms with van der Waals surface area (Å²) < 4.78 is 7.43. The number of rotatable bonds is 4. The minimum atomic E-state index is 0.0350. The maximum Gasteiger partial charge on any atom is 0.107 e. The Morgan fingerprint density at radius 3 is 2.78 bits per heavy atom. The minimum absolute atomic E-state index is 0.0350. The molecule has 1 aliphatic rings. The van der Waals surface area contributed by atoms with Gasteiger partial charge < -0.3 is 10.5 Å². The number of ether oxygens (including phenoxy) is 1. The molecule has 4 unspecified atom stereocenters. The second kappa shape index (κ2) is 6.51. The highest BCUT2D eigenvalue weighted by Gasteiger charge is 2.26. The van der Waals surface area contributed by atoms with Crippen molar-refractivity contribution in [2.75, 3.05) is 0 Å². The molecule has 0 bridgehead atoms. The van der Waals surface area contributed by atoms with E-state index in [2.05, 4.69) is 35.0 Å². The summed E-state index contributed by atoms with van der Waals surface area (Å²) >= 11 is 5.23.